The van der Waals surface area contributed by atoms with Crippen LogP contribution in [-0.2, 0) is 27.0 Å². The Morgan fingerprint density at radius 1 is 1.12 bits per heavy atom. The number of hydrogen-bond donors (Lipinski definition) is 1. The summed E-state index contributed by atoms with van der Waals surface area (Å²) >= 11 is 12.1. The number of amides is 1. The fourth-order valence-corrected chi connectivity index (χ4v) is 6.04. The first-order chi connectivity index (χ1) is 15.7. The first-order valence-corrected chi connectivity index (χ1v) is 13.0. The highest BCUT2D eigenvalue weighted by Crippen LogP contribution is 2.28. The minimum absolute atomic E-state index is 0.139. The summed E-state index contributed by atoms with van der Waals surface area (Å²) in [5.74, 6) is 0.528. The highest BCUT2D eigenvalue weighted by atomic mass is 35.5. The number of hydrogen-bond acceptors (Lipinski definition) is 5. The largest absolute Gasteiger partial charge is 0.493 e. The van der Waals surface area contributed by atoms with E-state index >= 15 is 0 Å². The van der Waals surface area contributed by atoms with Crippen LogP contribution < -0.4 is 14.8 Å². The second-order valence-electron chi connectivity index (χ2n) is 7.92. The van der Waals surface area contributed by atoms with E-state index in [2.05, 4.69) is 5.32 Å². The summed E-state index contributed by atoms with van der Waals surface area (Å²) in [5.41, 5.74) is 1.49. The van der Waals surface area contributed by atoms with E-state index in [1.54, 1.807) is 26.4 Å². The molecule has 0 unspecified atom stereocenters. The zero-order chi connectivity index (χ0) is 24.0. The molecule has 0 aromatic heterocycles. The maximum absolute atomic E-state index is 13.0. The van der Waals surface area contributed by atoms with Crippen LogP contribution in [0.5, 0.6) is 11.5 Å². The molecule has 33 heavy (non-hydrogen) atoms. The molecular formula is C23H28Cl2N2O5S. The lowest BCUT2D eigenvalue weighted by Gasteiger charge is -2.31. The first-order valence-electron chi connectivity index (χ1n) is 10.6. The summed E-state index contributed by atoms with van der Waals surface area (Å²) in [5, 5.41) is 3.70. The molecule has 1 aliphatic heterocycles. The van der Waals surface area contributed by atoms with Gasteiger partial charge in [0, 0.05) is 29.7 Å². The van der Waals surface area contributed by atoms with E-state index in [9.17, 15) is 13.2 Å². The quantitative estimate of drug-likeness (QED) is 0.548. The van der Waals surface area contributed by atoms with E-state index in [0.717, 1.165) is 5.56 Å². The van der Waals surface area contributed by atoms with Crippen molar-refractivity contribution in [3.63, 3.8) is 0 Å². The zero-order valence-electron chi connectivity index (χ0n) is 18.6. The van der Waals surface area contributed by atoms with Crippen LogP contribution in [0.1, 0.15) is 24.0 Å². The third-order valence-electron chi connectivity index (χ3n) is 5.66. The number of nitrogens with one attached hydrogen (secondary N) is 1. The Balaban J connectivity index is 1.55. The van der Waals surface area contributed by atoms with Gasteiger partial charge in [-0.15, -0.1) is 0 Å². The summed E-state index contributed by atoms with van der Waals surface area (Å²) in [4.78, 5) is 12.7. The van der Waals surface area contributed by atoms with Crippen molar-refractivity contribution >= 4 is 39.1 Å². The standard InChI is InChI=1S/C23H28Cl2N2O5S/c1-31-21-8-5-16(12-22(21)32-2)9-10-26-23(28)17-4-3-11-27(14-17)33(29,30)15-18-6-7-19(24)13-20(18)25/h5-8,12-13,17H,3-4,9-11,14-15H2,1-2H3,(H,26,28)/t17-/m1/s1. The normalized spacial score (nSPS) is 16.9. The van der Waals surface area contributed by atoms with Gasteiger partial charge < -0.3 is 14.8 Å². The molecule has 2 aromatic rings. The van der Waals surface area contributed by atoms with Crippen LogP contribution in [0.25, 0.3) is 0 Å². The van der Waals surface area contributed by atoms with E-state index in [1.807, 2.05) is 18.2 Å². The molecule has 1 heterocycles. The van der Waals surface area contributed by atoms with Crippen molar-refractivity contribution < 1.29 is 22.7 Å². The Labute approximate surface area is 205 Å². The fraction of sp³-hybridized carbons (Fsp3) is 0.435. The van der Waals surface area contributed by atoms with Crippen LogP contribution in [-0.4, -0.2) is 52.5 Å². The Morgan fingerprint density at radius 3 is 2.58 bits per heavy atom. The number of carbonyl (C=O) groups excluding carboxylic acids is 1. The number of sulfonamides is 1. The van der Waals surface area contributed by atoms with Gasteiger partial charge in [0.1, 0.15) is 0 Å². The summed E-state index contributed by atoms with van der Waals surface area (Å²) < 4.78 is 37.8. The van der Waals surface area contributed by atoms with Gasteiger partial charge in [0.25, 0.3) is 0 Å². The van der Waals surface area contributed by atoms with Crippen LogP contribution in [0, 0.1) is 5.92 Å². The van der Waals surface area contributed by atoms with Gasteiger partial charge in [0.05, 0.1) is 25.9 Å². The number of piperidine rings is 1. The number of halogens is 2. The molecule has 7 nitrogen and oxygen atoms in total. The summed E-state index contributed by atoms with van der Waals surface area (Å²) in [6, 6.07) is 10.4. The molecule has 1 aliphatic rings. The van der Waals surface area contributed by atoms with Crippen LogP contribution in [0.2, 0.25) is 10.0 Å². The molecule has 1 saturated heterocycles. The molecule has 0 saturated carbocycles. The van der Waals surface area contributed by atoms with Gasteiger partial charge >= 0.3 is 0 Å². The molecule has 1 N–H and O–H groups in total. The summed E-state index contributed by atoms with van der Waals surface area (Å²) in [6.45, 7) is 0.997. The van der Waals surface area contributed by atoms with Crippen LogP contribution in [0.3, 0.4) is 0 Å². The number of ether oxygens (including phenoxy) is 2. The minimum Gasteiger partial charge on any atom is -0.493 e. The topological polar surface area (TPSA) is 84.9 Å². The second-order valence-corrected chi connectivity index (χ2v) is 10.7. The van der Waals surface area contributed by atoms with Crippen molar-refractivity contribution in [2.45, 2.75) is 25.0 Å². The van der Waals surface area contributed by atoms with E-state index in [4.69, 9.17) is 32.7 Å². The third kappa shape index (κ3) is 6.76. The number of carbonyl (C=O) groups is 1. The molecular weight excluding hydrogens is 487 g/mol. The van der Waals surface area contributed by atoms with Crippen molar-refractivity contribution in [2.75, 3.05) is 33.9 Å². The number of methoxy groups -OCH3 is 2. The van der Waals surface area contributed by atoms with E-state index in [-0.39, 0.29) is 24.1 Å². The minimum atomic E-state index is -3.62. The lowest BCUT2D eigenvalue weighted by molar-refractivity contribution is -0.126. The van der Waals surface area contributed by atoms with Gasteiger partial charge in [0.2, 0.25) is 15.9 Å². The van der Waals surface area contributed by atoms with Crippen LogP contribution >= 0.6 is 23.2 Å². The Kier molecular flexibility index (Phi) is 8.87. The van der Waals surface area contributed by atoms with Gasteiger partial charge in [-0.3, -0.25) is 4.79 Å². The Bertz CT molecular complexity index is 1090. The van der Waals surface area contributed by atoms with E-state index in [0.29, 0.717) is 59.5 Å². The molecule has 0 spiro atoms. The van der Waals surface area contributed by atoms with Gasteiger partial charge in [-0.2, -0.15) is 0 Å². The smallest absolute Gasteiger partial charge is 0.224 e. The Morgan fingerprint density at radius 2 is 1.88 bits per heavy atom. The van der Waals surface area contributed by atoms with Crippen LogP contribution in [0.15, 0.2) is 36.4 Å². The molecule has 1 fully saturated rings. The van der Waals surface area contributed by atoms with Gasteiger partial charge in [-0.05, 0) is 54.7 Å². The van der Waals surface area contributed by atoms with Crippen molar-refractivity contribution in [3.05, 3.63) is 57.6 Å². The molecule has 180 valence electrons. The third-order valence-corrected chi connectivity index (χ3v) is 8.04. The SMILES string of the molecule is COc1ccc(CCNC(=O)[C@@H]2CCCN(S(=O)(=O)Cc3ccc(Cl)cc3Cl)C2)cc1OC. The van der Waals surface area contributed by atoms with Crippen molar-refractivity contribution in [3.8, 4) is 11.5 Å². The average molecular weight is 515 g/mol. The molecule has 3 rings (SSSR count). The number of benzene rings is 2. The number of nitrogens with zero attached hydrogens (tertiary/aromatic N) is 1. The van der Waals surface area contributed by atoms with Crippen molar-refractivity contribution in [1.29, 1.82) is 0 Å². The highest BCUT2D eigenvalue weighted by Gasteiger charge is 2.32. The predicted molar refractivity (Wildman–Crippen MR) is 130 cm³/mol. The van der Waals surface area contributed by atoms with E-state index < -0.39 is 10.0 Å². The first kappa shape index (κ1) is 25.6. The zero-order valence-corrected chi connectivity index (χ0v) is 21.0. The van der Waals surface area contributed by atoms with Gasteiger partial charge in [0.15, 0.2) is 11.5 Å². The summed E-state index contributed by atoms with van der Waals surface area (Å²) in [7, 11) is -0.461. The molecule has 1 amide bonds. The number of rotatable bonds is 9. The lowest BCUT2D eigenvalue weighted by atomic mass is 9.99. The van der Waals surface area contributed by atoms with Crippen molar-refractivity contribution in [1.82, 2.24) is 9.62 Å². The summed E-state index contributed by atoms with van der Waals surface area (Å²) in [6.07, 6.45) is 1.90. The van der Waals surface area contributed by atoms with Crippen LogP contribution in [0.4, 0.5) is 0 Å². The Hall–Kier alpha value is -2.00. The van der Waals surface area contributed by atoms with Gasteiger partial charge in [-0.25, -0.2) is 12.7 Å². The predicted octanol–water partition coefficient (Wildman–Crippen LogP) is 3.91. The molecule has 0 aliphatic carbocycles. The molecule has 0 radical (unpaired) electrons. The maximum atomic E-state index is 13.0. The lowest BCUT2D eigenvalue weighted by Crippen LogP contribution is -2.46. The average Bonchev–Trinajstić information content (AvgIpc) is 2.80. The molecule has 2 aromatic carbocycles. The highest BCUT2D eigenvalue weighted by molar-refractivity contribution is 7.88. The fourth-order valence-electron chi connectivity index (χ4n) is 3.85. The molecule has 0 bridgehead atoms. The maximum Gasteiger partial charge on any atom is 0.224 e. The van der Waals surface area contributed by atoms with E-state index in [1.165, 1.54) is 10.4 Å². The monoisotopic (exact) mass is 514 g/mol. The van der Waals surface area contributed by atoms with Crippen molar-refractivity contribution in [2.24, 2.45) is 5.92 Å². The molecule has 10 heteroatoms. The second kappa shape index (κ2) is 11.4. The molecule has 1 atom stereocenters. The van der Waals surface area contributed by atoms with Gasteiger partial charge in [-0.1, -0.05) is 35.3 Å².